The Morgan fingerprint density at radius 3 is 2.66 bits per heavy atom. The summed E-state index contributed by atoms with van der Waals surface area (Å²) in [5, 5.41) is 9.45. The molecule has 0 aliphatic carbocycles. The number of hydrogen-bond donors (Lipinski definition) is 1. The largest absolute Gasteiger partial charge is 0.493 e. The van der Waals surface area contributed by atoms with Crippen molar-refractivity contribution in [3.05, 3.63) is 46.1 Å². The summed E-state index contributed by atoms with van der Waals surface area (Å²) in [7, 11) is 6.40. The van der Waals surface area contributed by atoms with Crippen LogP contribution in [0.15, 0.2) is 45.8 Å². The van der Waals surface area contributed by atoms with Crippen molar-refractivity contribution in [2.75, 3.05) is 40.3 Å². The van der Waals surface area contributed by atoms with Crippen LogP contribution in [0.1, 0.15) is 5.56 Å². The molecule has 166 valence electrons. The lowest BCUT2D eigenvalue weighted by Crippen LogP contribution is -2.25. The van der Waals surface area contributed by atoms with E-state index in [0.717, 1.165) is 11.3 Å². The fraction of sp³-hybridized carbons (Fsp3) is 0.227. The van der Waals surface area contributed by atoms with Gasteiger partial charge in [0, 0.05) is 23.6 Å². The molecule has 0 atom stereocenters. The smallest absolute Gasteiger partial charge is 0.262 e. The Hall–Kier alpha value is -3.79. The van der Waals surface area contributed by atoms with Crippen molar-refractivity contribution in [2.45, 2.75) is 0 Å². The third kappa shape index (κ3) is 3.92. The van der Waals surface area contributed by atoms with Crippen molar-refractivity contribution >= 4 is 29.1 Å². The molecule has 0 saturated heterocycles. The fourth-order valence-corrected chi connectivity index (χ4v) is 4.15. The Balaban J connectivity index is 1.77. The first-order valence-corrected chi connectivity index (χ1v) is 10.5. The number of methoxy groups -OCH3 is 3. The number of aromatic nitrogens is 1. The molecule has 0 unspecified atom stereocenters. The van der Waals surface area contributed by atoms with Crippen molar-refractivity contribution in [1.29, 1.82) is 0 Å². The zero-order valence-electron chi connectivity index (χ0n) is 18.0. The zero-order chi connectivity index (χ0) is 22.7. The van der Waals surface area contributed by atoms with Gasteiger partial charge in [-0.15, -0.1) is 11.3 Å². The highest BCUT2D eigenvalue weighted by Gasteiger charge is 2.18. The Morgan fingerprint density at radius 2 is 1.94 bits per heavy atom. The monoisotopic (exact) mass is 454 g/mol. The van der Waals surface area contributed by atoms with Gasteiger partial charge in [-0.05, 0) is 30.3 Å². The van der Waals surface area contributed by atoms with E-state index >= 15 is 0 Å². The Bertz CT molecular complexity index is 1260. The SMILES string of the molecule is CN=c1scc(-c2ccc3c(c2)NC(=O)CO3)n1N=Cc1ccc(OC)c(OC)c1OC. The molecule has 2 aromatic carbocycles. The number of thiazole rings is 1. The molecule has 0 spiro atoms. The molecule has 1 aliphatic heterocycles. The van der Waals surface area contributed by atoms with Crippen LogP contribution >= 0.6 is 11.3 Å². The minimum atomic E-state index is -0.185. The number of ether oxygens (including phenoxy) is 4. The van der Waals surface area contributed by atoms with Crippen LogP contribution in [0, 0.1) is 0 Å². The average molecular weight is 455 g/mol. The molecule has 1 amide bonds. The minimum absolute atomic E-state index is 0.0150. The molecule has 2 heterocycles. The van der Waals surface area contributed by atoms with E-state index in [0.29, 0.717) is 39.1 Å². The van der Waals surface area contributed by atoms with Crippen LogP contribution in [0.4, 0.5) is 5.69 Å². The Kier molecular flexibility index (Phi) is 6.13. The molecule has 1 aliphatic rings. The summed E-state index contributed by atoms with van der Waals surface area (Å²) < 4.78 is 23.5. The van der Waals surface area contributed by atoms with Gasteiger partial charge in [-0.25, -0.2) is 4.68 Å². The summed E-state index contributed by atoms with van der Waals surface area (Å²) in [5.74, 6) is 2.01. The highest BCUT2D eigenvalue weighted by molar-refractivity contribution is 7.07. The summed E-state index contributed by atoms with van der Waals surface area (Å²) in [4.78, 5) is 16.7. The molecule has 3 aromatic rings. The summed E-state index contributed by atoms with van der Waals surface area (Å²) in [6.45, 7) is 0.0150. The first-order valence-electron chi connectivity index (χ1n) is 9.63. The van der Waals surface area contributed by atoms with Gasteiger partial charge in [0.05, 0.1) is 38.9 Å². The number of fused-ring (bicyclic) bond motifs is 1. The van der Waals surface area contributed by atoms with Gasteiger partial charge >= 0.3 is 0 Å². The van der Waals surface area contributed by atoms with Crippen LogP contribution in [0.25, 0.3) is 11.3 Å². The number of benzene rings is 2. The number of nitrogens with zero attached hydrogens (tertiary/aromatic N) is 3. The number of carbonyl (C=O) groups is 1. The number of carbonyl (C=O) groups excluding carboxylic acids is 1. The third-order valence-electron chi connectivity index (χ3n) is 4.83. The predicted octanol–water partition coefficient (Wildman–Crippen LogP) is 2.99. The molecule has 0 radical (unpaired) electrons. The van der Waals surface area contributed by atoms with Gasteiger partial charge < -0.3 is 24.3 Å². The molecule has 9 nitrogen and oxygen atoms in total. The van der Waals surface area contributed by atoms with Crippen LogP contribution in [0.2, 0.25) is 0 Å². The van der Waals surface area contributed by atoms with Gasteiger partial charge in [-0.3, -0.25) is 9.79 Å². The molecular formula is C22H22N4O5S. The molecule has 1 aromatic heterocycles. The number of nitrogens with one attached hydrogen (secondary N) is 1. The van der Waals surface area contributed by atoms with E-state index in [1.54, 1.807) is 45.3 Å². The van der Waals surface area contributed by atoms with Gasteiger partial charge in [0.25, 0.3) is 5.91 Å². The summed E-state index contributed by atoms with van der Waals surface area (Å²) in [6.07, 6.45) is 1.68. The van der Waals surface area contributed by atoms with E-state index in [1.807, 2.05) is 29.6 Å². The number of anilines is 1. The van der Waals surface area contributed by atoms with Crippen LogP contribution in [-0.4, -0.2) is 51.8 Å². The lowest BCUT2D eigenvalue weighted by Gasteiger charge is -2.18. The molecule has 32 heavy (non-hydrogen) atoms. The second kappa shape index (κ2) is 9.15. The second-order valence-corrected chi connectivity index (χ2v) is 7.49. The lowest BCUT2D eigenvalue weighted by molar-refractivity contribution is -0.118. The van der Waals surface area contributed by atoms with Crippen molar-refractivity contribution in [3.63, 3.8) is 0 Å². The lowest BCUT2D eigenvalue weighted by atomic mass is 10.1. The molecule has 4 rings (SSSR count). The van der Waals surface area contributed by atoms with E-state index in [4.69, 9.17) is 18.9 Å². The molecule has 0 fully saturated rings. The summed E-state index contributed by atoms with van der Waals surface area (Å²) in [6, 6.07) is 9.23. The number of rotatable bonds is 6. The summed E-state index contributed by atoms with van der Waals surface area (Å²) >= 11 is 1.46. The molecule has 1 N–H and O–H groups in total. The second-order valence-electron chi connectivity index (χ2n) is 6.65. The minimum Gasteiger partial charge on any atom is -0.493 e. The standard InChI is InChI=1S/C22H22N4O5S/c1-23-22-26(24-10-14-6-8-18(28-2)21(30-4)20(14)29-3)16(12-32-22)13-5-7-17-15(9-13)25-19(27)11-31-17/h5-10,12H,11H2,1-4H3,(H,25,27). The van der Waals surface area contributed by atoms with Crippen molar-refractivity contribution in [1.82, 2.24) is 4.68 Å². The predicted molar refractivity (Wildman–Crippen MR) is 122 cm³/mol. The van der Waals surface area contributed by atoms with E-state index in [2.05, 4.69) is 15.4 Å². The fourth-order valence-electron chi connectivity index (χ4n) is 3.35. The van der Waals surface area contributed by atoms with E-state index in [9.17, 15) is 4.79 Å². The highest BCUT2D eigenvalue weighted by Crippen LogP contribution is 2.39. The molecule has 0 bridgehead atoms. The number of hydrogen-bond acceptors (Lipinski definition) is 8. The quantitative estimate of drug-likeness (QED) is 0.578. The van der Waals surface area contributed by atoms with Crippen molar-refractivity contribution in [2.24, 2.45) is 10.1 Å². The van der Waals surface area contributed by atoms with Gasteiger partial charge in [0.2, 0.25) is 10.6 Å². The maximum Gasteiger partial charge on any atom is 0.262 e. The van der Waals surface area contributed by atoms with Crippen LogP contribution in [0.5, 0.6) is 23.0 Å². The molecule has 0 saturated carbocycles. The molecule has 10 heteroatoms. The highest BCUT2D eigenvalue weighted by atomic mass is 32.1. The first-order chi connectivity index (χ1) is 15.6. The maximum atomic E-state index is 11.7. The van der Waals surface area contributed by atoms with Gasteiger partial charge in [-0.2, -0.15) is 5.10 Å². The van der Waals surface area contributed by atoms with E-state index in [1.165, 1.54) is 11.3 Å². The maximum absolute atomic E-state index is 11.7. The normalized spacial score (nSPS) is 13.5. The summed E-state index contributed by atoms with van der Waals surface area (Å²) in [5.41, 5.74) is 3.01. The van der Waals surface area contributed by atoms with Crippen LogP contribution < -0.4 is 29.1 Å². The topological polar surface area (TPSA) is 95.7 Å². The van der Waals surface area contributed by atoms with E-state index < -0.39 is 0 Å². The van der Waals surface area contributed by atoms with Gasteiger partial charge in [0.1, 0.15) is 5.75 Å². The van der Waals surface area contributed by atoms with Crippen molar-refractivity contribution in [3.8, 4) is 34.3 Å². The van der Waals surface area contributed by atoms with Crippen LogP contribution in [0.3, 0.4) is 0 Å². The van der Waals surface area contributed by atoms with Gasteiger partial charge in [-0.1, -0.05) is 0 Å². The Labute approximate surface area is 188 Å². The van der Waals surface area contributed by atoms with E-state index in [-0.39, 0.29) is 12.5 Å². The molecular weight excluding hydrogens is 432 g/mol. The third-order valence-corrected chi connectivity index (χ3v) is 5.74. The average Bonchev–Trinajstić information content (AvgIpc) is 3.24. The zero-order valence-corrected chi connectivity index (χ0v) is 18.9. The van der Waals surface area contributed by atoms with Crippen molar-refractivity contribution < 1.29 is 23.7 Å². The van der Waals surface area contributed by atoms with Gasteiger partial charge in [0.15, 0.2) is 18.1 Å². The van der Waals surface area contributed by atoms with Crippen LogP contribution in [-0.2, 0) is 4.79 Å². The Morgan fingerprint density at radius 1 is 1.12 bits per heavy atom. The number of amides is 1. The first kappa shape index (κ1) is 21.4.